The van der Waals surface area contributed by atoms with Gasteiger partial charge in [-0.2, -0.15) is 0 Å². The molecule has 2 aliphatic carbocycles. The fourth-order valence-corrected chi connectivity index (χ4v) is 8.50. The Kier molecular flexibility index (Phi) is 3.16. The fourth-order valence-electron chi connectivity index (χ4n) is 2.00. The number of hydrogen-bond acceptors (Lipinski definition) is 0. The van der Waals surface area contributed by atoms with Gasteiger partial charge in [0.1, 0.15) is 0 Å². The van der Waals surface area contributed by atoms with Crippen LogP contribution in [0.4, 0.5) is 0 Å². The molecule has 0 saturated heterocycles. The van der Waals surface area contributed by atoms with Crippen molar-refractivity contribution in [1.29, 1.82) is 0 Å². The number of allylic oxidation sites excluding steroid dienone is 8. The molecular formula is C12H17Zr. The molecule has 0 radical (unpaired) electrons. The van der Waals surface area contributed by atoms with E-state index in [4.69, 9.17) is 0 Å². The number of hydrogen-bond donors (Lipinski definition) is 0. The Bertz CT molecular complexity index is 284. The normalized spacial score (nSPS) is 19.2. The maximum atomic E-state index is 2.37. The molecule has 13 heavy (non-hydrogen) atoms. The van der Waals surface area contributed by atoms with Gasteiger partial charge < -0.3 is 2.85 Å². The van der Waals surface area contributed by atoms with Gasteiger partial charge in [-0.15, -0.1) is 0 Å². The Morgan fingerprint density at radius 3 is 2.00 bits per heavy atom. The predicted octanol–water partition coefficient (Wildman–Crippen LogP) is 3.96. The van der Waals surface area contributed by atoms with E-state index >= 15 is 0 Å². The largest absolute Gasteiger partial charge is 1.00 e. The second-order valence-electron chi connectivity index (χ2n) is 3.48. The second kappa shape index (κ2) is 4.37. The average Bonchev–Trinajstić information content (AvgIpc) is 2.76. The van der Waals surface area contributed by atoms with Crippen molar-refractivity contribution in [2.75, 3.05) is 0 Å². The van der Waals surface area contributed by atoms with Crippen molar-refractivity contribution in [3.63, 3.8) is 0 Å². The van der Waals surface area contributed by atoms with Crippen LogP contribution in [0.3, 0.4) is 0 Å². The summed E-state index contributed by atoms with van der Waals surface area (Å²) in [5.74, 6) is 0. The van der Waals surface area contributed by atoms with Gasteiger partial charge in [-0.05, 0) is 0 Å². The van der Waals surface area contributed by atoms with E-state index < -0.39 is 21.8 Å². The predicted molar refractivity (Wildman–Crippen MR) is 56.4 cm³/mol. The zero-order valence-corrected chi connectivity index (χ0v) is 10.5. The third-order valence-electron chi connectivity index (χ3n) is 2.67. The molecule has 1 heteroatoms. The van der Waals surface area contributed by atoms with Crippen LogP contribution in [-0.4, -0.2) is 0 Å². The molecule has 0 nitrogen and oxygen atoms in total. The molecule has 0 amide bonds. The van der Waals surface area contributed by atoms with Gasteiger partial charge in [-0.3, -0.25) is 0 Å². The van der Waals surface area contributed by atoms with Gasteiger partial charge in [0.2, 0.25) is 0 Å². The summed E-state index contributed by atoms with van der Waals surface area (Å²) in [6.07, 6.45) is 16.3. The topological polar surface area (TPSA) is 0 Å². The molecule has 0 bridgehead atoms. The van der Waals surface area contributed by atoms with Gasteiger partial charge in [0.15, 0.2) is 0 Å². The monoisotopic (exact) mass is 251 g/mol. The van der Waals surface area contributed by atoms with E-state index in [0.717, 1.165) is 0 Å². The van der Waals surface area contributed by atoms with E-state index in [1.165, 1.54) is 17.0 Å². The first kappa shape index (κ1) is 9.40. The van der Waals surface area contributed by atoms with E-state index in [-0.39, 0.29) is 2.85 Å². The van der Waals surface area contributed by atoms with Crippen molar-refractivity contribution >= 4 is 0 Å². The zero-order valence-electron chi connectivity index (χ0n) is 10.1. The van der Waals surface area contributed by atoms with Crippen molar-refractivity contribution in [2.24, 2.45) is 0 Å². The Balaban J connectivity index is 0.000000980. The van der Waals surface area contributed by atoms with Gasteiger partial charge in [0.25, 0.3) is 0 Å². The second-order valence-corrected chi connectivity index (χ2v) is 10.7. The maximum Gasteiger partial charge on any atom is -1.00 e. The molecule has 69 valence electrons. The molecule has 2 rings (SSSR count). The Labute approximate surface area is 91.4 Å². The molecule has 0 fully saturated rings. The molecule has 0 unspecified atom stereocenters. The van der Waals surface area contributed by atoms with Crippen molar-refractivity contribution in [2.45, 2.75) is 23.9 Å². The summed E-state index contributed by atoms with van der Waals surface area (Å²) < 4.78 is 5.02. The van der Waals surface area contributed by atoms with Crippen LogP contribution < -0.4 is 0 Å². The van der Waals surface area contributed by atoms with Crippen LogP contribution in [-0.2, 0) is 21.8 Å². The van der Waals surface area contributed by atoms with Crippen LogP contribution >= 0.6 is 0 Å². The van der Waals surface area contributed by atoms with E-state index in [1.807, 2.05) is 0 Å². The summed E-state index contributed by atoms with van der Waals surface area (Å²) >= 11 is -1.31. The minimum atomic E-state index is -1.31. The van der Waals surface area contributed by atoms with Crippen LogP contribution in [0.15, 0.2) is 43.0 Å². The molecule has 0 aromatic heterocycles. The van der Waals surface area contributed by atoms with E-state index in [0.29, 0.717) is 0 Å². The summed E-state index contributed by atoms with van der Waals surface area (Å²) in [5.41, 5.74) is 0. The van der Waals surface area contributed by atoms with Crippen LogP contribution in [0.2, 0.25) is 4.13 Å². The van der Waals surface area contributed by atoms with Crippen LogP contribution in [0.5, 0.6) is 0 Å². The summed E-state index contributed by atoms with van der Waals surface area (Å²) in [4.78, 5) is 0. The first-order chi connectivity index (χ1) is 6.42. The first-order valence-corrected chi connectivity index (χ1v) is 9.19. The van der Waals surface area contributed by atoms with Crippen molar-refractivity contribution in [1.82, 2.24) is 0 Å². The SMILES string of the molecule is C[CH2][Zr+2]([C]1=CC=CC1)[C]1=CC=CC1.[H-].[H-]. The quantitative estimate of drug-likeness (QED) is 0.713. The van der Waals surface area contributed by atoms with Gasteiger partial charge >= 0.3 is 88.7 Å². The summed E-state index contributed by atoms with van der Waals surface area (Å²) in [6, 6.07) is 0. The van der Waals surface area contributed by atoms with Crippen molar-refractivity contribution < 1.29 is 24.6 Å². The molecule has 0 N–H and O–H groups in total. The van der Waals surface area contributed by atoms with Gasteiger partial charge in [0.05, 0.1) is 0 Å². The smallest absolute Gasteiger partial charge is 1.00 e. The van der Waals surface area contributed by atoms with Gasteiger partial charge in [0, 0.05) is 0 Å². The first-order valence-electron chi connectivity index (χ1n) is 4.99. The molecule has 0 atom stereocenters. The van der Waals surface area contributed by atoms with E-state index in [1.54, 1.807) is 6.56 Å². The summed E-state index contributed by atoms with van der Waals surface area (Å²) in [5, 5.41) is 0. The summed E-state index contributed by atoms with van der Waals surface area (Å²) in [6.45, 7) is 2.37. The molecule has 2 aliphatic rings. The Hall–Kier alpha value is -0.157. The molecule has 0 aromatic rings. The van der Waals surface area contributed by atoms with Gasteiger partial charge in [-0.1, -0.05) is 0 Å². The molecule has 0 saturated carbocycles. The van der Waals surface area contributed by atoms with E-state index in [9.17, 15) is 0 Å². The van der Waals surface area contributed by atoms with E-state index in [2.05, 4.69) is 43.4 Å². The van der Waals surface area contributed by atoms with Crippen LogP contribution in [0, 0.1) is 0 Å². The minimum absolute atomic E-state index is 0. The molecule has 0 aromatic carbocycles. The Morgan fingerprint density at radius 1 is 1.15 bits per heavy atom. The average molecular weight is 252 g/mol. The fraction of sp³-hybridized carbons (Fsp3) is 0.333. The standard InChI is InChI=1S/2C5H5.C2H5.Zr.2H/c2*1-2-4-5-3-1;1-2;;;/h2*1-3H,4H2;1H2,2H3;;;/q;;;+2;2*-1. The third kappa shape index (κ3) is 2.02. The molecular weight excluding hydrogens is 235 g/mol. The molecule has 0 heterocycles. The minimum Gasteiger partial charge on any atom is -1.00 e. The Morgan fingerprint density at radius 2 is 1.69 bits per heavy atom. The summed E-state index contributed by atoms with van der Waals surface area (Å²) in [7, 11) is 0. The van der Waals surface area contributed by atoms with Crippen LogP contribution in [0.25, 0.3) is 0 Å². The van der Waals surface area contributed by atoms with Crippen molar-refractivity contribution in [3.05, 3.63) is 43.0 Å². The zero-order chi connectivity index (χ0) is 9.10. The molecule has 0 aliphatic heterocycles. The molecule has 0 spiro atoms. The number of rotatable bonds is 3. The maximum absolute atomic E-state index is 2.37. The third-order valence-corrected chi connectivity index (χ3v) is 10.0. The van der Waals surface area contributed by atoms with Crippen molar-refractivity contribution in [3.8, 4) is 0 Å². The van der Waals surface area contributed by atoms with Gasteiger partial charge in [-0.25, -0.2) is 0 Å². The van der Waals surface area contributed by atoms with Crippen LogP contribution in [0.1, 0.15) is 22.6 Å².